The molecule has 0 amide bonds. The van der Waals surface area contributed by atoms with Gasteiger partial charge in [-0.25, -0.2) is 4.79 Å². The Balaban J connectivity index is 2.49. The average Bonchev–Trinajstić information content (AvgIpc) is 2.47. The van der Waals surface area contributed by atoms with E-state index in [1.807, 2.05) is 36.4 Å². The van der Waals surface area contributed by atoms with Crippen LogP contribution in [0.4, 0.5) is 0 Å². The van der Waals surface area contributed by atoms with Crippen LogP contribution in [0, 0.1) is 0 Å². The van der Waals surface area contributed by atoms with Gasteiger partial charge in [0.15, 0.2) is 0 Å². The lowest BCUT2D eigenvalue weighted by Crippen LogP contribution is -2.04. The molecular formula is C18H19ClO2. The molecule has 0 aliphatic carbocycles. The number of rotatable bonds is 4. The fourth-order valence-electron chi connectivity index (χ4n) is 2.31. The normalized spacial score (nSPS) is 10.7. The second-order valence-electron chi connectivity index (χ2n) is 5.19. The molecule has 0 aliphatic rings. The summed E-state index contributed by atoms with van der Waals surface area (Å²) in [5.41, 5.74) is 3.81. The molecule has 0 spiro atoms. The molecule has 2 rings (SSSR count). The van der Waals surface area contributed by atoms with Gasteiger partial charge in [0, 0.05) is 5.02 Å². The highest BCUT2D eigenvalue weighted by atomic mass is 35.5. The minimum absolute atomic E-state index is 0.299. The van der Waals surface area contributed by atoms with Crippen LogP contribution in [0.5, 0.6) is 0 Å². The van der Waals surface area contributed by atoms with Crippen LogP contribution in [0.15, 0.2) is 42.5 Å². The van der Waals surface area contributed by atoms with Gasteiger partial charge in [0.05, 0.1) is 12.2 Å². The van der Waals surface area contributed by atoms with E-state index in [9.17, 15) is 4.79 Å². The minimum atomic E-state index is -0.299. The number of halogens is 1. The summed E-state index contributed by atoms with van der Waals surface area (Å²) in [6.45, 7) is 6.46. The SMILES string of the molecule is CCOC(=O)c1cccc(-c2cc(Cl)ccc2C(C)C)c1. The summed E-state index contributed by atoms with van der Waals surface area (Å²) >= 11 is 6.13. The van der Waals surface area contributed by atoms with Crippen LogP contribution < -0.4 is 0 Å². The highest BCUT2D eigenvalue weighted by Gasteiger charge is 2.12. The highest BCUT2D eigenvalue weighted by molar-refractivity contribution is 6.30. The van der Waals surface area contributed by atoms with E-state index in [0.717, 1.165) is 11.1 Å². The number of carbonyl (C=O) groups is 1. The third-order valence-corrected chi connectivity index (χ3v) is 3.56. The first-order valence-corrected chi connectivity index (χ1v) is 7.47. The van der Waals surface area contributed by atoms with Gasteiger partial charge in [0.25, 0.3) is 0 Å². The van der Waals surface area contributed by atoms with Crippen molar-refractivity contribution in [1.82, 2.24) is 0 Å². The number of carbonyl (C=O) groups excluding carboxylic acids is 1. The molecule has 2 aromatic rings. The summed E-state index contributed by atoms with van der Waals surface area (Å²) in [7, 11) is 0. The third-order valence-electron chi connectivity index (χ3n) is 3.32. The number of hydrogen-bond acceptors (Lipinski definition) is 2. The molecule has 0 aliphatic heterocycles. The van der Waals surface area contributed by atoms with Crippen molar-refractivity contribution in [1.29, 1.82) is 0 Å². The van der Waals surface area contributed by atoms with Crippen LogP contribution in [0.1, 0.15) is 42.6 Å². The van der Waals surface area contributed by atoms with Crippen LogP contribution in [0.2, 0.25) is 5.02 Å². The lowest BCUT2D eigenvalue weighted by molar-refractivity contribution is 0.0526. The van der Waals surface area contributed by atoms with E-state index in [1.54, 1.807) is 13.0 Å². The van der Waals surface area contributed by atoms with Crippen molar-refractivity contribution in [3.63, 3.8) is 0 Å². The molecule has 110 valence electrons. The van der Waals surface area contributed by atoms with Crippen LogP contribution in [-0.2, 0) is 4.74 Å². The van der Waals surface area contributed by atoms with Crippen molar-refractivity contribution in [2.45, 2.75) is 26.7 Å². The molecule has 0 saturated carbocycles. The average molecular weight is 303 g/mol. The topological polar surface area (TPSA) is 26.3 Å². The molecular weight excluding hydrogens is 284 g/mol. The predicted molar refractivity (Wildman–Crippen MR) is 86.9 cm³/mol. The highest BCUT2D eigenvalue weighted by Crippen LogP contribution is 2.32. The number of esters is 1. The van der Waals surface area contributed by atoms with Gasteiger partial charge in [-0.1, -0.05) is 43.6 Å². The van der Waals surface area contributed by atoms with Gasteiger partial charge in [0.1, 0.15) is 0 Å². The summed E-state index contributed by atoms with van der Waals surface area (Å²) < 4.78 is 5.06. The van der Waals surface area contributed by atoms with E-state index >= 15 is 0 Å². The molecule has 0 N–H and O–H groups in total. The second kappa shape index (κ2) is 6.77. The zero-order valence-electron chi connectivity index (χ0n) is 12.5. The van der Waals surface area contributed by atoms with Crippen LogP contribution in [0.3, 0.4) is 0 Å². The Morgan fingerprint density at radius 2 is 1.95 bits per heavy atom. The Bertz CT molecular complexity index is 647. The predicted octanol–water partition coefficient (Wildman–Crippen LogP) is 5.31. The van der Waals surface area contributed by atoms with Crippen molar-refractivity contribution in [2.24, 2.45) is 0 Å². The first kappa shape index (κ1) is 15.6. The second-order valence-corrected chi connectivity index (χ2v) is 5.62. The zero-order valence-corrected chi connectivity index (χ0v) is 13.3. The van der Waals surface area contributed by atoms with Crippen molar-refractivity contribution in [3.05, 3.63) is 58.6 Å². The van der Waals surface area contributed by atoms with E-state index in [-0.39, 0.29) is 5.97 Å². The summed E-state index contributed by atoms with van der Waals surface area (Å²) in [5.74, 6) is 0.0796. The Kier molecular flexibility index (Phi) is 5.03. The van der Waals surface area contributed by atoms with Gasteiger partial charge in [-0.05, 0) is 53.8 Å². The monoisotopic (exact) mass is 302 g/mol. The van der Waals surface area contributed by atoms with Crippen molar-refractivity contribution in [3.8, 4) is 11.1 Å². The van der Waals surface area contributed by atoms with E-state index in [4.69, 9.17) is 16.3 Å². The van der Waals surface area contributed by atoms with Crippen LogP contribution in [-0.4, -0.2) is 12.6 Å². The molecule has 21 heavy (non-hydrogen) atoms. The molecule has 0 fully saturated rings. The minimum Gasteiger partial charge on any atom is -0.462 e. The fourth-order valence-corrected chi connectivity index (χ4v) is 2.48. The molecule has 0 unspecified atom stereocenters. The molecule has 0 radical (unpaired) electrons. The van der Waals surface area contributed by atoms with Crippen LogP contribution >= 0.6 is 11.6 Å². The third kappa shape index (κ3) is 3.64. The van der Waals surface area contributed by atoms with Gasteiger partial charge in [0.2, 0.25) is 0 Å². The van der Waals surface area contributed by atoms with Crippen molar-refractivity contribution in [2.75, 3.05) is 6.61 Å². The summed E-state index contributed by atoms with van der Waals surface area (Å²) in [6.07, 6.45) is 0. The zero-order chi connectivity index (χ0) is 15.4. The van der Waals surface area contributed by atoms with Gasteiger partial charge >= 0.3 is 5.97 Å². The summed E-state index contributed by atoms with van der Waals surface area (Å²) in [6, 6.07) is 13.4. The molecule has 2 nitrogen and oxygen atoms in total. The first-order chi connectivity index (χ1) is 10.0. The maximum atomic E-state index is 11.9. The van der Waals surface area contributed by atoms with Gasteiger partial charge < -0.3 is 4.74 Å². The Morgan fingerprint density at radius 3 is 2.62 bits per heavy atom. The fraction of sp³-hybridized carbons (Fsp3) is 0.278. The molecule has 0 saturated heterocycles. The molecule has 0 bridgehead atoms. The molecule has 0 atom stereocenters. The Morgan fingerprint density at radius 1 is 1.19 bits per heavy atom. The molecule has 0 aromatic heterocycles. The standard InChI is InChI=1S/C18H19ClO2/c1-4-21-18(20)14-7-5-6-13(10-14)17-11-15(19)8-9-16(17)12(2)3/h5-12H,4H2,1-3H3. The summed E-state index contributed by atoms with van der Waals surface area (Å²) in [4.78, 5) is 11.9. The van der Waals surface area contributed by atoms with E-state index in [0.29, 0.717) is 23.1 Å². The lowest BCUT2D eigenvalue weighted by Gasteiger charge is -2.14. The lowest BCUT2D eigenvalue weighted by atomic mass is 9.92. The molecule has 0 heterocycles. The largest absolute Gasteiger partial charge is 0.462 e. The maximum Gasteiger partial charge on any atom is 0.338 e. The first-order valence-electron chi connectivity index (χ1n) is 7.10. The molecule has 2 aromatic carbocycles. The van der Waals surface area contributed by atoms with Gasteiger partial charge in [-0.3, -0.25) is 0 Å². The number of benzene rings is 2. The quantitative estimate of drug-likeness (QED) is 0.716. The van der Waals surface area contributed by atoms with E-state index in [2.05, 4.69) is 13.8 Å². The van der Waals surface area contributed by atoms with Crippen molar-refractivity contribution < 1.29 is 9.53 Å². The maximum absolute atomic E-state index is 11.9. The van der Waals surface area contributed by atoms with Crippen molar-refractivity contribution >= 4 is 17.6 Å². The summed E-state index contributed by atoms with van der Waals surface area (Å²) in [5, 5.41) is 0.691. The van der Waals surface area contributed by atoms with Crippen LogP contribution in [0.25, 0.3) is 11.1 Å². The number of hydrogen-bond donors (Lipinski definition) is 0. The number of ether oxygens (including phenoxy) is 1. The smallest absolute Gasteiger partial charge is 0.338 e. The Labute approximate surface area is 130 Å². The van der Waals surface area contributed by atoms with E-state index in [1.165, 1.54) is 5.56 Å². The van der Waals surface area contributed by atoms with E-state index < -0.39 is 0 Å². The van der Waals surface area contributed by atoms with Gasteiger partial charge in [-0.2, -0.15) is 0 Å². The van der Waals surface area contributed by atoms with Gasteiger partial charge in [-0.15, -0.1) is 0 Å². The molecule has 3 heteroatoms. The Hall–Kier alpha value is -1.80.